The molecule has 9 heteroatoms. The molecule has 0 spiro atoms. The van der Waals surface area contributed by atoms with Crippen molar-refractivity contribution in [3.05, 3.63) is 76.9 Å². The maximum Gasteiger partial charge on any atom is 0.261 e. The van der Waals surface area contributed by atoms with Crippen LogP contribution >= 0.6 is 0 Å². The van der Waals surface area contributed by atoms with Crippen molar-refractivity contribution in [2.75, 3.05) is 11.9 Å². The lowest BCUT2D eigenvalue weighted by Crippen LogP contribution is -2.41. The van der Waals surface area contributed by atoms with Crippen LogP contribution < -0.4 is 11.1 Å². The summed E-state index contributed by atoms with van der Waals surface area (Å²) >= 11 is 0. The van der Waals surface area contributed by atoms with Gasteiger partial charge in [-0.2, -0.15) is 0 Å². The number of hydrogen-bond acceptors (Lipinski definition) is 4. The van der Waals surface area contributed by atoms with Gasteiger partial charge in [-0.05, 0) is 30.0 Å². The topological polar surface area (TPSA) is 110 Å². The molecule has 0 saturated heterocycles. The molecule has 4 rings (SSSR count). The maximum atomic E-state index is 13.9. The second kappa shape index (κ2) is 8.18. The van der Waals surface area contributed by atoms with Gasteiger partial charge in [-0.25, -0.2) is 8.78 Å². The number of imide groups is 1. The van der Waals surface area contributed by atoms with E-state index in [-0.39, 0.29) is 19.4 Å². The van der Waals surface area contributed by atoms with Crippen molar-refractivity contribution in [2.24, 2.45) is 5.73 Å². The number of nitrogens with one attached hydrogen (secondary N) is 1. The molecule has 3 aromatic rings. The summed E-state index contributed by atoms with van der Waals surface area (Å²) in [6, 6.07) is 11.7. The van der Waals surface area contributed by atoms with Crippen molar-refractivity contribution in [1.29, 1.82) is 0 Å². The highest BCUT2D eigenvalue weighted by Gasteiger charge is 2.32. The van der Waals surface area contributed by atoms with Crippen LogP contribution in [0, 0.1) is 11.6 Å². The van der Waals surface area contributed by atoms with Crippen molar-refractivity contribution in [3.8, 4) is 0 Å². The quantitative estimate of drug-likeness (QED) is 0.577. The van der Waals surface area contributed by atoms with Crippen LogP contribution in [-0.4, -0.2) is 35.1 Å². The molecule has 0 radical (unpaired) electrons. The highest BCUT2D eigenvalue weighted by molar-refractivity contribution is 6.25. The highest BCUT2D eigenvalue weighted by atomic mass is 19.1. The molecule has 1 heterocycles. The molecular weight excluding hydrogens is 420 g/mol. The number of amides is 4. The van der Waals surface area contributed by atoms with E-state index in [1.165, 1.54) is 0 Å². The predicted octanol–water partition coefficient (Wildman–Crippen LogP) is 3.23. The van der Waals surface area contributed by atoms with Crippen molar-refractivity contribution in [1.82, 2.24) is 4.90 Å². The highest BCUT2D eigenvalue weighted by Crippen LogP contribution is 2.30. The van der Waals surface area contributed by atoms with E-state index in [1.807, 2.05) is 12.1 Å². The van der Waals surface area contributed by atoms with Gasteiger partial charge in [-0.1, -0.05) is 24.3 Å². The average Bonchev–Trinajstić information content (AvgIpc) is 2.76. The lowest BCUT2D eigenvalue weighted by atomic mass is 9.94. The number of rotatable bonds is 6. The van der Waals surface area contributed by atoms with E-state index in [1.54, 1.807) is 24.3 Å². The van der Waals surface area contributed by atoms with Gasteiger partial charge in [-0.15, -0.1) is 0 Å². The fraction of sp³-hybridized carbons (Fsp3) is 0.130. The molecule has 0 saturated carbocycles. The van der Waals surface area contributed by atoms with Crippen LogP contribution in [0.3, 0.4) is 0 Å². The maximum absolute atomic E-state index is 13.9. The summed E-state index contributed by atoms with van der Waals surface area (Å²) in [6.45, 7) is -0.0196. The van der Waals surface area contributed by atoms with E-state index in [4.69, 9.17) is 5.73 Å². The van der Waals surface area contributed by atoms with Crippen molar-refractivity contribution in [2.45, 2.75) is 12.8 Å². The zero-order valence-electron chi connectivity index (χ0n) is 16.7. The number of benzene rings is 3. The van der Waals surface area contributed by atoms with Crippen molar-refractivity contribution in [3.63, 3.8) is 0 Å². The molecule has 3 aromatic carbocycles. The molecule has 4 amide bonds. The predicted molar refractivity (Wildman–Crippen MR) is 112 cm³/mol. The molecule has 32 heavy (non-hydrogen) atoms. The number of nitrogens with zero attached hydrogens (tertiary/aromatic N) is 1. The molecule has 0 aromatic heterocycles. The van der Waals surface area contributed by atoms with E-state index < -0.39 is 46.5 Å². The van der Waals surface area contributed by atoms with Crippen LogP contribution in [0.25, 0.3) is 10.8 Å². The number of carbonyl (C=O) groups is 4. The SMILES string of the molecule is NC(=O)c1cc(NC(=O)CCCN2C(=O)c3cccc4cccc(c34)C2=O)c(F)cc1F. The smallest absolute Gasteiger partial charge is 0.261 e. The second-order valence-electron chi connectivity index (χ2n) is 7.30. The Balaban J connectivity index is 1.44. The van der Waals surface area contributed by atoms with Gasteiger partial charge in [0.25, 0.3) is 17.7 Å². The van der Waals surface area contributed by atoms with Gasteiger partial charge in [0.1, 0.15) is 11.6 Å². The third-order valence-corrected chi connectivity index (χ3v) is 5.24. The minimum absolute atomic E-state index is 0.0196. The van der Waals surface area contributed by atoms with Gasteiger partial charge in [0.2, 0.25) is 5.91 Å². The van der Waals surface area contributed by atoms with Crippen LogP contribution in [0.1, 0.15) is 43.9 Å². The summed E-state index contributed by atoms with van der Waals surface area (Å²) in [5.41, 5.74) is 4.91. The van der Waals surface area contributed by atoms with E-state index >= 15 is 0 Å². The third-order valence-electron chi connectivity index (χ3n) is 5.24. The molecule has 3 N–H and O–H groups in total. The van der Waals surface area contributed by atoms with Crippen LogP contribution in [0.4, 0.5) is 14.5 Å². The number of primary amides is 1. The Morgan fingerprint density at radius 3 is 2.16 bits per heavy atom. The summed E-state index contributed by atoms with van der Waals surface area (Å²) in [5.74, 6) is -4.83. The normalized spacial score (nSPS) is 12.9. The van der Waals surface area contributed by atoms with E-state index in [9.17, 15) is 28.0 Å². The summed E-state index contributed by atoms with van der Waals surface area (Å²) in [4.78, 5) is 50.2. The van der Waals surface area contributed by atoms with Gasteiger partial charge < -0.3 is 11.1 Å². The molecule has 0 aliphatic carbocycles. The standard InChI is InChI=1S/C23H17F2N3O4/c24-16-11-17(25)18(10-15(16)21(26)30)27-19(29)8-3-9-28-22(31)13-6-1-4-12-5-2-7-14(20(12)13)23(28)32/h1-2,4-7,10-11H,3,8-9H2,(H2,26,30)(H,27,29). The summed E-state index contributed by atoms with van der Waals surface area (Å²) in [5, 5.41) is 3.64. The van der Waals surface area contributed by atoms with Gasteiger partial charge in [0.15, 0.2) is 0 Å². The van der Waals surface area contributed by atoms with Gasteiger partial charge in [-0.3, -0.25) is 24.1 Å². The van der Waals surface area contributed by atoms with E-state index in [2.05, 4.69) is 5.32 Å². The van der Waals surface area contributed by atoms with Crippen LogP contribution in [0.15, 0.2) is 48.5 Å². The first-order valence-corrected chi connectivity index (χ1v) is 9.74. The lowest BCUT2D eigenvalue weighted by molar-refractivity contribution is -0.116. The van der Waals surface area contributed by atoms with Crippen molar-refractivity contribution >= 4 is 40.1 Å². The fourth-order valence-corrected chi connectivity index (χ4v) is 3.73. The fourth-order valence-electron chi connectivity index (χ4n) is 3.73. The largest absolute Gasteiger partial charge is 0.366 e. The molecule has 0 bridgehead atoms. The molecule has 0 unspecified atom stereocenters. The lowest BCUT2D eigenvalue weighted by Gasteiger charge is -2.27. The number of halogens is 2. The zero-order valence-corrected chi connectivity index (χ0v) is 16.7. The molecule has 1 aliphatic rings. The summed E-state index contributed by atoms with van der Waals surface area (Å²) in [7, 11) is 0. The molecular formula is C23H17F2N3O4. The van der Waals surface area contributed by atoms with Gasteiger partial charge in [0.05, 0.1) is 11.3 Å². The number of nitrogens with two attached hydrogens (primary N) is 1. The van der Waals surface area contributed by atoms with Crippen LogP contribution in [0.2, 0.25) is 0 Å². The Labute approximate surface area is 180 Å². The Morgan fingerprint density at radius 1 is 0.938 bits per heavy atom. The Hall–Kier alpha value is -4.14. The Bertz CT molecular complexity index is 1260. The first-order valence-electron chi connectivity index (χ1n) is 9.74. The Kier molecular flexibility index (Phi) is 5.40. The van der Waals surface area contributed by atoms with E-state index in [0.717, 1.165) is 16.4 Å². The number of anilines is 1. The number of carbonyl (C=O) groups excluding carboxylic acids is 4. The zero-order chi connectivity index (χ0) is 23.0. The molecule has 1 aliphatic heterocycles. The molecule has 0 fully saturated rings. The molecule has 162 valence electrons. The summed E-state index contributed by atoms with van der Waals surface area (Å²) < 4.78 is 27.5. The molecule has 7 nitrogen and oxygen atoms in total. The van der Waals surface area contributed by atoms with E-state index in [0.29, 0.717) is 22.6 Å². The van der Waals surface area contributed by atoms with Gasteiger partial charge >= 0.3 is 0 Å². The minimum atomic E-state index is -1.13. The number of hydrogen-bond donors (Lipinski definition) is 2. The monoisotopic (exact) mass is 437 g/mol. The third kappa shape index (κ3) is 3.68. The van der Waals surface area contributed by atoms with Crippen LogP contribution in [0.5, 0.6) is 0 Å². The second-order valence-corrected chi connectivity index (χ2v) is 7.30. The average molecular weight is 437 g/mol. The molecule has 0 atom stereocenters. The minimum Gasteiger partial charge on any atom is -0.366 e. The van der Waals surface area contributed by atoms with Gasteiger partial charge in [0, 0.05) is 35.5 Å². The van der Waals surface area contributed by atoms with Crippen molar-refractivity contribution < 1.29 is 28.0 Å². The first kappa shape index (κ1) is 21.1. The Morgan fingerprint density at radius 2 is 1.56 bits per heavy atom. The summed E-state index contributed by atoms with van der Waals surface area (Å²) in [6.07, 6.45) is -0.0292. The first-order chi connectivity index (χ1) is 15.3. The van der Waals surface area contributed by atoms with Crippen LogP contribution in [-0.2, 0) is 4.79 Å².